The van der Waals surface area contributed by atoms with Crippen LogP contribution in [0.25, 0.3) is 0 Å². The Hall–Kier alpha value is -0.650. The monoisotopic (exact) mass is 279 g/mol. The van der Waals surface area contributed by atoms with Crippen molar-refractivity contribution in [2.24, 2.45) is 0 Å². The molecule has 0 atom stereocenters. The highest BCUT2D eigenvalue weighted by molar-refractivity contribution is 7.89. The van der Waals surface area contributed by atoms with E-state index >= 15 is 0 Å². The molecule has 6 heteroatoms. The molecule has 0 saturated heterocycles. The summed E-state index contributed by atoms with van der Waals surface area (Å²) < 4.78 is 39.0. The van der Waals surface area contributed by atoms with Gasteiger partial charge in [0.05, 0.1) is 0 Å². The molecule has 1 aromatic rings. The Morgan fingerprint density at radius 1 is 1.29 bits per heavy atom. The Kier molecular flexibility index (Phi) is 5.36. The van der Waals surface area contributed by atoms with Crippen LogP contribution in [-0.4, -0.2) is 31.7 Å². The van der Waals surface area contributed by atoms with E-state index in [0.717, 1.165) is 6.07 Å². The van der Waals surface area contributed by atoms with Crippen molar-refractivity contribution < 1.29 is 12.8 Å². The van der Waals surface area contributed by atoms with Crippen molar-refractivity contribution in [1.82, 2.24) is 4.31 Å². The lowest BCUT2D eigenvalue weighted by atomic mass is 10.3. The number of benzene rings is 1. The molecule has 0 aromatic heterocycles. The molecule has 17 heavy (non-hydrogen) atoms. The second-order valence-electron chi connectivity index (χ2n) is 3.52. The fourth-order valence-electron chi connectivity index (χ4n) is 1.49. The Morgan fingerprint density at radius 2 is 1.94 bits per heavy atom. The SMILES string of the molecule is CCCN(CCCl)S(=O)(=O)c1ccccc1F. The molecule has 0 spiro atoms. The number of rotatable bonds is 6. The van der Waals surface area contributed by atoms with Gasteiger partial charge in [-0.15, -0.1) is 11.6 Å². The second-order valence-corrected chi connectivity index (χ2v) is 5.81. The number of halogens is 2. The first-order valence-corrected chi connectivity index (χ1v) is 7.32. The van der Waals surface area contributed by atoms with Crippen molar-refractivity contribution in [1.29, 1.82) is 0 Å². The Balaban J connectivity index is 3.12. The van der Waals surface area contributed by atoms with Crippen molar-refractivity contribution >= 4 is 21.6 Å². The van der Waals surface area contributed by atoms with E-state index in [-0.39, 0.29) is 17.3 Å². The van der Waals surface area contributed by atoms with Gasteiger partial charge in [0.15, 0.2) is 0 Å². The summed E-state index contributed by atoms with van der Waals surface area (Å²) >= 11 is 5.57. The summed E-state index contributed by atoms with van der Waals surface area (Å²) in [4.78, 5) is -0.293. The van der Waals surface area contributed by atoms with Crippen LogP contribution in [0, 0.1) is 5.82 Å². The molecule has 0 unspecified atom stereocenters. The number of sulfonamides is 1. The summed E-state index contributed by atoms with van der Waals surface area (Å²) in [5.41, 5.74) is 0. The van der Waals surface area contributed by atoms with Crippen LogP contribution in [0.4, 0.5) is 4.39 Å². The molecule has 0 aliphatic heterocycles. The average Bonchev–Trinajstić information content (AvgIpc) is 2.29. The number of nitrogens with zero attached hydrogens (tertiary/aromatic N) is 1. The lowest BCUT2D eigenvalue weighted by Crippen LogP contribution is -2.34. The van der Waals surface area contributed by atoms with Crippen LogP contribution in [0.1, 0.15) is 13.3 Å². The standard InChI is InChI=1S/C11H15ClFNO2S/c1-2-8-14(9-7-12)17(15,16)11-6-4-3-5-10(11)13/h3-6H,2,7-9H2,1H3. The van der Waals surface area contributed by atoms with E-state index in [2.05, 4.69) is 0 Å². The molecule has 0 N–H and O–H groups in total. The van der Waals surface area contributed by atoms with Crippen LogP contribution < -0.4 is 0 Å². The first kappa shape index (κ1) is 14.4. The van der Waals surface area contributed by atoms with E-state index in [1.54, 1.807) is 0 Å². The first-order chi connectivity index (χ1) is 8.04. The third-order valence-corrected chi connectivity index (χ3v) is 4.36. The second kappa shape index (κ2) is 6.33. The maximum atomic E-state index is 13.5. The molecule has 0 aliphatic carbocycles. The minimum absolute atomic E-state index is 0.187. The first-order valence-electron chi connectivity index (χ1n) is 5.34. The Bertz CT molecular complexity index is 458. The highest BCUT2D eigenvalue weighted by Gasteiger charge is 2.25. The lowest BCUT2D eigenvalue weighted by Gasteiger charge is -2.20. The third kappa shape index (κ3) is 3.40. The van der Waals surface area contributed by atoms with Crippen LogP contribution in [0.15, 0.2) is 29.2 Å². The predicted octanol–water partition coefficient (Wildman–Crippen LogP) is 2.47. The summed E-state index contributed by atoms with van der Waals surface area (Å²) in [6.45, 7) is 2.38. The van der Waals surface area contributed by atoms with E-state index in [0.29, 0.717) is 13.0 Å². The highest BCUT2D eigenvalue weighted by Crippen LogP contribution is 2.19. The zero-order valence-electron chi connectivity index (χ0n) is 9.57. The average molecular weight is 280 g/mol. The quantitative estimate of drug-likeness (QED) is 0.750. The van der Waals surface area contributed by atoms with Crippen LogP contribution in [0.2, 0.25) is 0 Å². The van der Waals surface area contributed by atoms with Crippen molar-refractivity contribution in [3.8, 4) is 0 Å². The molecule has 0 saturated carbocycles. The van der Waals surface area contributed by atoms with Gasteiger partial charge in [0, 0.05) is 19.0 Å². The van der Waals surface area contributed by atoms with Crippen molar-refractivity contribution in [2.45, 2.75) is 18.2 Å². The van der Waals surface area contributed by atoms with E-state index in [1.807, 2.05) is 6.92 Å². The molecule has 0 bridgehead atoms. The summed E-state index contributed by atoms with van der Waals surface area (Å²) in [7, 11) is -3.78. The zero-order valence-corrected chi connectivity index (χ0v) is 11.1. The molecule has 1 aromatic carbocycles. The van der Waals surface area contributed by atoms with E-state index in [4.69, 9.17) is 11.6 Å². The summed E-state index contributed by atoms with van der Waals surface area (Å²) in [5, 5.41) is 0. The van der Waals surface area contributed by atoms with Gasteiger partial charge in [-0.2, -0.15) is 4.31 Å². The molecule has 0 radical (unpaired) electrons. The lowest BCUT2D eigenvalue weighted by molar-refractivity contribution is 0.424. The summed E-state index contributed by atoms with van der Waals surface area (Å²) in [5.74, 6) is -0.545. The van der Waals surface area contributed by atoms with Crippen LogP contribution in [0.5, 0.6) is 0 Å². The van der Waals surface area contributed by atoms with Gasteiger partial charge in [-0.25, -0.2) is 12.8 Å². The largest absolute Gasteiger partial charge is 0.246 e. The van der Waals surface area contributed by atoms with Gasteiger partial charge in [0.25, 0.3) is 0 Å². The molecule has 3 nitrogen and oxygen atoms in total. The zero-order chi connectivity index (χ0) is 12.9. The molecule has 0 aliphatic rings. The molecule has 1 rings (SSSR count). The van der Waals surface area contributed by atoms with Gasteiger partial charge in [-0.3, -0.25) is 0 Å². The topological polar surface area (TPSA) is 37.4 Å². The summed E-state index contributed by atoms with van der Waals surface area (Å²) in [6.07, 6.45) is 0.657. The van der Waals surface area contributed by atoms with Gasteiger partial charge in [0.1, 0.15) is 10.7 Å². The smallest absolute Gasteiger partial charge is 0.207 e. The molecule has 0 fully saturated rings. The third-order valence-electron chi connectivity index (χ3n) is 2.26. The number of hydrogen-bond donors (Lipinski definition) is 0. The molecular formula is C11H15ClFNO2S. The number of hydrogen-bond acceptors (Lipinski definition) is 2. The fraction of sp³-hybridized carbons (Fsp3) is 0.455. The normalized spacial score (nSPS) is 12.0. The maximum absolute atomic E-state index is 13.5. The molecule has 96 valence electrons. The van der Waals surface area contributed by atoms with Crippen molar-refractivity contribution in [3.63, 3.8) is 0 Å². The fourth-order valence-corrected chi connectivity index (χ4v) is 3.39. The minimum Gasteiger partial charge on any atom is -0.207 e. The van der Waals surface area contributed by atoms with Crippen LogP contribution in [-0.2, 0) is 10.0 Å². The van der Waals surface area contributed by atoms with Crippen molar-refractivity contribution in [3.05, 3.63) is 30.1 Å². The Morgan fingerprint density at radius 3 is 2.47 bits per heavy atom. The van der Waals surface area contributed by atoms with Gasteiger partial charge in [-0.1, -0.05) is 19.1 Å². The van der Waals surface area contributed by atoms with E-state index in [1.165, 1.54) is 22.5 Å². The molecule has 0 amide bonds. The van der Waals surface area contributed by atoms with Gasteiger partial charge in [0.2, 0.25) is 10.0 Å². The molecular weight excluding hydrogens is 265 g/mol. The van der Waals surface area contributed by atoms with Gasteiger partial charge in [-0.05, 0) is 18.6 Å². The van der Waals surface area contributed by atoms with E-state index in [9.17, 15) is 12.8 Å². The Labute approximate surface area is 106 Å². The predicted molar refractivity (Wildman–Crippen MR) is 66.2 cm³/mol. The van der Waals surface area contributed by atoms with Crippen molar-refractivity contribution in [2.75, 3.05) is 19.0 Å². The van der Waals surface area contributed by atoms with Crippen LogP contribution >= 0.6 is 11.6 Å². The minimum atomic E-state index is -3.78. The van der Waals surface area contributed by atoms with E-state index < -0.39 is 15.8 Å². The maximum Gasteiger partial charge on any atom is 0.246 e. The molecule has 0 heterocycles. The number of alkyl halides is 1. The van der Waals surface area contributed by atoms with Gasteiger partial charge < -0.3 is 0 Å². The summed E-state index contributed by atoms with van der Waals surface area (Å²) in [6, 6.07) is 5.36. The van der Waals surface area contributed by atoms with Gasteiger partial charge >= 0.3 is 0 Å². The van der Waals surface area contributed by atoms with Crippen LogP contribution in [0.3, 0.4) is 0 Å². The highest BCUT2D eigenvalue weighted by atomic mass is 35.5.